The van der Waals surface area contributed by atoms with Crippen LogP contribution < -0.4 is 5.32 Å². The quantitative estimate of drug-likeness (QED) is 0.780. The molecule has 2 aliphatic rings. The lowest BCUT2D eigenvalue weighted by atomic mass is 9.77. The molecule has 0 aliphatic carbocycles. The van der Waals surface area contributed by atoms with Crippen LogP contribution in [0.15, 0.2) is 42.7 Å². The van der Waals surface area contributed by atoms with E-state index >= 15 is 0 Å². The lowest BCUT2D eigenvalue weighted by Crippen LogP contribution is -2.39. The molecule has 4 heteroatoms. The van der Waals surface area contributed by atoms with Gasteiger partial charge in [0.05, 0.1) is 0 Å². The van der Waals surface area contributed by atoms with Crippen LogP contribution >= 0.6 is 0 Å². The molecule has 4 nitrogen and oxygen atoms in total. The maximum absolute atomic E-state index is 11.0. The van der Waals surface area contributed by atoms with Crippen LogP contribution in [-0.2, 0) is 24.3 Å². The third kappa shape index (κ3) is 4.68. The predicted octanol–water partition coefficient (Wildman–Crippen LogP) is 3.70. The van der Waals surface area contributed by atoms with Gasteiger partial charge in [-0.3, -0.25) is 9.88 Å². The molecule has 4 rings (SSSR count). The number of piperidine rings is 1. The molecule has 28 heavy (non-hydrogen) atoms. The summed E-state index contributed by atoms with van der Waals surface area (Å²) in [6, 6.07) is 11.4. The molecule has 0 bridgehead atoms. The number of rotatable bonds is 6. The highest BCUT2D eigenvalue weighted by atomic mass is 16.1. The van der Waals surface area contributed by atoms with Gasteiger partial charge in [0, 0.05) is 38.4 Å². The van der Waals surface area contributed by atoms with Gasteiger partial charge in [-0.1, -0.05) is 18.2 Å². The van der Waals surface area contributed by atoms with Gasteiger partial charge in [-0.25, -0.2) is 0 Å². The fourth-order valence-electron chi connectivity index (χ4n) is 4.88. The number of aryl methyl sites for hydroxylation is 1. The molecule has 1 aromatic carbocycles. The van der Waals surface area contributed by atoms with E-state index in [-0.39, 0.29) is 0 Å². The van der Waals surface area contributed by atoms with Crippen LogP contribution in [0, 0.1) is 5.92 Å². The van der Waals surface area contributed by atoms with Gasteiger partial charge in [0.1, 0.15) is 6.29 Å². The number of benzene rings is 1. The van der Waals surface area contributed by atoms with Crippen molar-refractivity contribution in [1.29, 1.82) is 0 Å². The zero-order valence-electron chi connectivity index (χ0n) is 16.6. The maximum Gasteiger partial charge on any atom is 0.120 e. The van der Waals surface area contributed by atoms with E-state index in [0.717, 1.165) is 45.4 Å². The molecule has 1 fully saturated rings. The summed E-state index contributed by atoms with van der Waals surface area (Å²) in [5.74, 6) is 1.10. The second-order valence-corrected chi connectivity index (χ2v) is 8.30. The molecule has 148 valence electrons. The van der Waals surface area contributed by atoms with E-state index in [1.807, 2.05) is 12.4 Å². The van der Waals surface area contributed by atoms with Crippen molar-refractivity contribution in [2.24, 2.45) is 5.92 Å². The molecule has 0 radical (unpaired) electrons. The first kappa shape index (κ1) is 19.3. The van der Waals surface area contributed by atoms with Gasteiger partial charge < -0.3 is 10.1 Å². The molecule has 1 N–H and O–H groups in total. The van der Waals surface area contributed by atoms with Gasteiger partial charge in [-0.15, -0.1) is 0 Å². The minimum atomic E-state index is 0.504. The molecule has 2 unspecified atom stereocenters. The van der Waals surface area contributed by atoms with Crippen molar-refractivity contribution in [2.45, 2.75) is 51.1 Å². The van der Waals surface area contributed by atoms with Gasteiger partial charge in [-0.05, 0) is 85.0 Å². The van der Waals surface area contributed by atoms with Crippen LogP contribution in [0.2, 0.25) is 0 Å². The molecule has 3 heterocycles. The first-order valence-corrected chi connectivity index (χ1v) is 10.7. The van der Waals surface area contributed by atoms with Crippen LogP contribution in [0.1, 0.15) is 53.9 Å². The largest absolute Gasteiger partial charge is 0.313 e. The molecule has 2 aromatic rings. The minimum Gasteiger partial charge on any atom is -0.313 e. The Balaban J connectivity index is 1.54. The number of fused-ring (bicyclic) bond motifs is 1. The normalized spacial score (nSPS) is 23.0. The highest BCUT2D eigenvalue weighted by molar-refractivity contribution is 5.49. The fourth-order valence-corrected chi connectivity index (χ4v) is 4.88. The third-order valence-electron chi connectivity index (χ3n) is 6.42. The molecule has 0 saturated carbocycles. The smallest absolute Gasteiger partial charge is 0.120 e. The Hall–Kier alpha value is -2.04. The SMILES string of the molecule is O=CCCC1CCN(Cc2ccncc2)CC1c1ccc2c(c1)CNCCC2. The van der Waals surface area contributed by atoms with Gasteiger partial charge >= 0.3 is 0 Å². The predicted molar refractivity (Wildman–Crippen MR) is 112 cm³/mol. The lowest BCUT2D eigenvalue weighted by molar-refractivity contribution is -0.108. The topological polar surface area (TPSA) is 45.2 Å². The Labute approximate surface area is 168 Å². The fraction of sp³-hybridized carbons (Fsp3) is 0.500. The van der Waals surface area contributed by atoms with Crippen molar-refractivity contribution >= 4 is 6.29 Å². The Morgan fingerprint density at radius 3 is 2.93 bits per heavy atom. The second-order valence-electron chi connectivity index (χ2n) is 8.30. The average molecular weight is 378 g/mol. The van der Waals surface area contributed by atoms with E-state index in [2.05, 4.69) is 45.5 Å². The molecule has 1 saturated heterocycles. The van der Waals surface area contributed by atoms with E-state index in [1.165, 1.54) is 41.5 Å². The monoisotopic (exact) mass is 377 g/mol. The van der Waals surface area contributed by atoms with Gasteiger partial charge in [0.25, 0.3) is 0 Å². The Kier molecular flexibility index (Phi) is 6.50. The summed E-state index contributed by atoms with van der Waals surface area (Å²) in [6.45, 7) is 5.24. The third-order valence-corrected chi connectivity index (χ3v) is 6.42. The van der Waals surface area contributed by atoms with Crippen LogP contribution in [-0.4, -0.2) is 35.8 Å². The average Bonchev–Trinajstić information content (AvgIpc) is 2.98. The van der Waals surface area contributed by atoms with E-state index in [4.69, 9.17) is 0 Å². The van der Waals surface area contributed by atoms with Crippen LogP contribution in [0.4, 0.5) is 0 Å². The summed E-state index contributed by atoms with van der Waals surface area (Å²) < 4.78 is 0. The zero-order valence-corrected chi connectivity index (χ0v) is 16.6. The molecule has 1 aromatic heterocycles. The first-order chi connectivity index (χ1) is 13.8. The van der Waals surface area contributed by atoms with E-state index < -0.39 is 0 Å². The van der Waals surface area contributed by atoms with Gasteiger partial charge in [0.2, 0.25) is 0 Å². The number of likely N-dealkylation sites (tertiary alicyclic amines) is 1. The Morgan fingerprint density at radius 2 is 2.07 bits per heavy atom. The summed E-state index contributed by atoms with van der Waals surface area (Å²) in [6.07, 6.45) is 10.1. The van der Waals surface area contributed by atoms with Crippen molar-refractivity contribution in [3.63, 3.8) is 0 Å². The van der Waals surface area contributed by atoms with Crippen LogP contribution in [0.3, 0.4) is 0 Å². The number of hydrogen-bond donors (Lipinski definition) is 1. The summed E-state index contributed by atoms with van der Waals surface area (Å²) in [5.41, 5.74) is 5.75. The first-order valence-electron chi connectivity index (χ1n) is 10.7. The van der Waals surface area contributed by atoms with E-state index in [0.29, 0.717) is 18.3 Å². The van der Waals surface area contributed by atoms with Crippen LogP contribution in [0.25, 0.3) is 0 Å². The molecule has 2 aliphatic heterocycles. The summed E-state index contributed by atoms with van der Waals surface area (Å²) >= 11 is 0. The Bertz CT molecular complexity index is 777. The second kappa shape index (κ2) is 9.44. The van der Waals surface area contributed by atoms with Crippen molar-refractivity contribution in [1.82, 2.24) is 15.2 Å². The number of carbonyl (C=O) groups is 1. The number of hydrogen-bond acceptors (Lipinski definition) is 4. The lowest BCUT2D eigenvalue weighted by Gasteiger charge is -2.39. The van der Waals surface area contributed by atoms with E-state index in [9.17, 15) is 4.79 Å². The van der Waals surface area contributed by atoms with Crippen LogP contribution in [0.5, 0.6) is 0 Å². The number of nitrogens with one attached hydrogen (secondary N) is 1. The van der Waals surface area contributed by atoms with Gasteiger partial charge in [0.15, 0.2) is 0 Å². The number of pyridine rings is 1. The highest BCUT2D eigenvalue weighted by Gasteiger charge is 2.30. The van der Waals surface area contributed by atoms with Gasteiger partial charge in [-0.2, -0.15) is 0 Å². The van der Waals surface area contributed by atoms with Crippen molar-refractivity contribution in [3.05, 3.63) is 65.0 Å². The van der Waals surface area contributed by atoms with Crippen molar-refractivity contribution in [3.8, 4) is 0 Å². The summed E-state index contributed by atoms with van der Waals surface area (Å²) in [4.78, 5) is 17.7. The zero-order chi connectivity index (χ0) is 19.2. The number of carbonyl (C=O) groups excluding carboxylic acids is 1. The Morgan fingerprint density at radius 1 is 1.18 bits per heavy atom. The molecular weight excluding hydrogens is 346 g/mol. The number of aldehydes is 1. The molecule has 0 amide bonds. The van der Waals surface area contributed by atoms with Crippen molar-refractivity contribution < 1.29 is 4.79 Å². The minimum absolute atomic E-state index is 0.504. The van der Waals surface area contributed by atoms with Crippen molar-refractivity contribution in [2.75, 3.05) is 19.6 Å². The van der Waals surface area contributed by atoms with E-state index in [1.54, 1.807) is 0 Å². The molecule has 0 spiro atoms. The number of nitrogens with zero attached hydrogens (tertiary/aromatic N) is 2. The standard InChI is InChI=1S/C24H31N3O/c28-14-2-4-21-9-13-27(17-19-7-11-25-12-8-19)18-24(21)22-6-5-20-3-1-10-26-16-23(20)15-22/h5-8,11-12,14-15,21,24,26H,1-4,9-10,13,16-18H2. The summed E-state index contributed by atoms with van der Waals surface area (Å²) in [5, 5.41) is 3.56. The number of aromatic nitrogens is 1. The molecular formula is C24H31N3O. The molecule has 2 atom stereocenters. The maximum atomic E-state index is 11.0. The highest BCUT2D eigenvalue weighted by Crippen LogP contribution is 2.36. The summed E-state index contributed by atoms with van der Waals surface area (Å²) in [7, 11) is 0.